The van der Waals surface area contributed by atoms with Crippen LogP contribution in [0.4, 0.5) is 5.69 Å². The molecule has 0 aliphatic carbocycles. The first-order valence-corrected chi connectivity index (χ1v) is 9.89. The van der Waals surface area contributed by atoms with Crippen molar-refractivity contribution in [2.24, 2.45) is 7.05 Å². The van der Waals surface area contributed by atoms with E-state index >= 15 is 0 Å². The molecule has 0 spiro atoms. The fourth-order valence-corrected chi connectivity index (χ4v) is 3.48. The van der Waals surface area contributed by atoms with E-state index in [9.17, 15) is 9.59 Å². The summed E-state index contributed by atoms with van der Waals surface area (Å²) in [5.74, 6) is 1.05. The molecule has 1 aliphatic rings. The third-order valence-corrected chi connectivity index (χ3v) is 4.96. The SMILES string of the molecule is Cn1ccnc1C(=O)c1ccc(NC(=O)Cc2cc(Cl)c3c(c2)OCCCO3)cc1. The van der Waals surface area contributed by atoms with E-state index in [1.54, 1.807) is 60.4 Å². The number of amides is 1. The average molecular weight is 426 g/mol. The van der Waals surface area contributed by atoms with Crippen molar-refractivity contribution in [3.8, 4) is 11.5 Å². The molecule has 1 N–H and O–H groups in total. The number of ketones is 1. The van der Waals surface area contributed by atoms with Crippen molar-refractivity contribution < 1.29 is 19.1 Å². The highest BCUT2D eigenvalue weighted by atomic mass is 35.5. The molecule has 1 aromatic heterocycles. The fourth-order valence-electron chi connectivity index (χ4n) is 3.20. The Hall–Kier alpha value is -3.32. The molecule has 0 saturated carbocycles. The van der Waals surface area contributed by atoms with E-state index in [4.69, 9.17) is 21.1 Å². The first-order valence-electron chi connectivity index (χ1n) is 9.51. The van der Waals surface area contributed by atoms with E-state index < -0.39 is 0 Å². The highest BCUT2D eigenvalue weighted by molar-refractivity contribution is 6.32. The van der Waals surface area contributed by atoms with Gasteiger partial charge in [0.1, 0.15) is 0 Å². The summed E-state index contributed by atoms with van der Waals surface area (Å²) in [5.41, 5.74) is 1.82. The predicted molar refractivity (Wildman–Crippen MR) is 112 cm³/mol. The average Bonchev–Trinajstić information content (AvgIpc) is 3.00. The van der Waals surface area contributed by atoms with Gasteiger partial charge in [-0.2, -0.15) is 0 Å². The smallest absolute Gasteiger partial charge is 0.228 e. The summed E-state index contributed by atoms with van der Waals surface area (Å²) in [6, 6.07) is 10.2. The summed E-state index contributed by atoms with van der Waals surface area (Å²) in [4.78, 5) is 29.0. The largest absolute Gasteiger partial charge is 0.489 e. The van der Waals surface area contributed by atoms with E-state index in [0.717, 1.165) is 12.0 Å². The molecule has 0 radical (unpaired) electrons. The first kappa shape index (κ1) is 20.0. The quantitative estimate of drug-likeness (QED) is 0.631. The Kier molecular flexibility index (Phi) is 5.72. The first-order chi connectivity index (χ1) is 14.5. The lowest BCUT2D eigenvalue weighted by atomic mass is 10.1. The Morgan fingerprint density at radius 3 is 2.67 bits per heavy atom. The zero-order valence-corrected chi connectivity index (χ0v) is 17.1. The number of hydrogen-bond donors (Lipinski definition) is 1. The number of halogens is 1. The Balaban J connectivity index is 1.42. The molecule has 0 unspecified atom stereocenters. The number of nitrogens with zero attached hydrogens (tertiary/aromatic N) is 2. The minimum Gasteiger partial charge on any atom is -0.489 e. The Bertz CT molecular complexity index is 1090. The molecule has 2 aromatic carbocycles. The van der Waals surface area contributed by atoms with Crippen LogP contribution in [0.3, 0.4) is 0 Å². The number of hydrogen-bond acceptors (Lipinski definition) is 5. The van der Waals surface area contributed by atoms with Gasteiger partial charge in [-0.05, 0) is 42.0 Å². The number of nitrogens with one attached hydrogen (secondary N) is 1. The van der Waals surface area contributed by atoms with Gasteiger partial charge in [0.15, 0.2) is 17.3 Å². The number of carbonyl (C=O) groups excluding carboxylic acids is 2. The maximum Gasteiger partial charge on any atom is 0.228 e. The van der Waals surface area contributed by atoms with Crippen LogP contribution in [0.25, 0.3) is 0 Å². The van der Waals surface area contributed by atoms with Gasteiger partial charge in [0.25, 0.3) is 0 Å². The zero-order chi connectivity index (χ0) is 21.1. The molecule has 0 atom stereocenters. The van der Waals surface area contributed by atoms with Crippen molar-refractivity contribution in [1.29, 1.82) is 0 Å². The van der Waals surface area contributed by atoms with E-state index in [2.05, 4.69) is 10.3 Å². The molecule has 0 saturated heterocycles. The lowest BCUT2D eigenvalue weighted by Crippen LogP contribution is -2.15. The second kappa shape index (κ2) is 8.59. The van der Waals surface area contributed by atoms with Crippen molar-refractivity contribution in [2.45, 2.75) is 12.8 Å². The molecule has 4 rings (SSSR count). The van der Waals surface area contributed by atoms with Crippen LogP contribution >= 0.6 is 11.6 Å². The number of aromatic nitrogens is 2. The Labute approximate surface area is 178 Å². The fraction of sp³-hybridized carbons (Fsp3) is 0.227. The van der Waals surface area contributed by atoms with Crippen LogP contribution in [0.5, 0.6) is 11.5 Å². The van der Waals surface area contributed by atoms with Crippen LogP contribution in [0.1, 0.15) is 28.2 Å². The maximum absolute atomic E-state index is 12.5. The lowest BCUT2D eigenvalue weighted by molar-refractivity contribution is -0.115. The molecule has 0 fully saturated rings. The highest BCUT2D eigenvalue weighted by Gasteiger charge is 2.17. The highest BCUT2D eigenvalue weighted by Crippen LogP contribution is 2.38. The van der Waals surface area contributed by atoms with Crippen LogP contribution < -0.4 is 14.8 Å². The Morgan fingerprint density at radius 2 is 1.93 bits per heavy atom. The second-order valence-corrected chi connectivity index (χ2v) is 7.36. The number of benzene rings is 2. The van der Waals surface area contributed by atoms with E-state index in [1.165, 1.54) is 0 Å². The third-order valence-electron chi connectivity index (χ3n) is 4.68. The molecule has 8 heteroatoms. The van der Waals surface area contributed by atoms with Crippen molar-refractivity contribution >= 4 is 29.0 Å². The molecule has 1 aliphatic heterocycles. The molecule has 154 valence electrons. The van der Waals surface area contributed by atoms with Gasteiger partial charge in [0, 0.05) is 37.1 Å². The predicted octanol–water partition coefficient (Wildman–Crippen LogP) is 3.65. The number of rotatable bonds is 5. The zero-order valence-electron chi connectivity index (χ0n) is 16.4. The number of aryl methyl sites for hydroxylation is 1. The number of ether oxygens (including phenoxy) is 2. The van der Waals surface area contributed by atoms with Crippen molar-refractivity contribution in [1.82, 2.24) is 9.55 Å². The van der Waals surface area contributed by atoms with Gasteiger partial charge in [0.2, 0.25) is 11.7 Å². The van der Waals surface area contributed by atoms with Gasteiger partial charge < -0.3 is 19.4 Å². The van der Waals surface area contributed by atoms with Crippen LogP contribution in [-0.4, -0.2) is 34.5 Å². The van der Waals surface area contributed by atoms with Gasteiger partial charge in [-0.3, -0.25) is 9.59 Å². The summed E-state index contributed by atoms with van der Waals surface area (Å²) in [6.07, 6.45) is 4.20. The van der Waals surface area contributed by atoms with E-state index in [-0.39, 0.29) is 18.1 Å². The van der Waals surface area contributed by atoms with Crippen LogP contribution in [0, 0.1) is 0 Å². The molecule has 2 heterocycles. The van der Waals surface area contributed by atoms with E-state index in [0.29, 0.717) is 46.8 Å². The normalized spacial score (nSPS) is 12.9. The summed E-state index contributed by atoms with van der Waals surface area (Å²) in [6.45, 7) is 1.09. The number of anilines is 1. The topological polar surface area (TPSA) is 82.5 Å². The van der Waals surface area contributed by atoms with Crippen LogP contribution in [0.2, 0.25) is 5.02 Å². The summed E-state index contributed by atoms with van der Waals surface area (Å²) >= 11 is 6.29. The van der Waals surface area contributed by atoms with Crippen LogP contribution in [-0.2, 0) is 18.3 Å². The van der Waals surface area contributed by atoms with Gasteiger partial charge in [-0.25, -0.2) is 4.98 Å². The monoisotopic (exact) mass is 425 g/mol. The summed E-state index contributed by atoms with van der Waals surface area (Å²) in [5, 5.41) is 3.25. The standard InChI is InChI=1S/C22H20ClN3O4/c1-26-8-7-24-22(26)20(28)15-3-5-16(6-4-15)25-19(27)13-14-11-17(23)21-18(12-14)29-9-2-10-30-21/h3-8,11-12H,2,9-10,13H2,1H3,(H,25,27). The summed E-state index contributed by atoms with van der Waals surface area (Å²) < 4.78 is 12.9. The Morgan fingerprint density at radius 1 is 1.17 bits per heavy atom. The molecule has 1 amide bonds. The van der Waals surface area contributed by atoms with Crippen molar-refractivity contribution in [3.05, 3.63) is 70.8 Å². The van der Waals surface area contributed by atoms with E-state index in [1.807, 2.05) is 0 Å². The molecular weight excluding hydrogens is 406 g/mol. The molecule has 0 bridgehead atoms. The number of carbonyl (C=O) groups is 2. The minimum atomic E-state index is -0.205. The van der Waals surface area contributed by atoms with Gasteiger partial charge in [-0.15, -0.1) is 0 Å². The van der Waals surface area contributed by atoms with Gasteiger partial charge in [-0.1, -0.05) is 11.6 Å². The molecule has 30 heavy (non-hydrogen) atoms. The number of fused-ring (bicyclic) bond motifs is 1. The van der Waals surface area contributed by atoms with Crippen LogP contribution in [0.15, 0.2) is 48.8 Å². The minimum absolute atomic E-state index is 0.129. The van der Waals surface area contributed by atoms with Gasteiger partial charge in [0.05, 0.1) is 24.7 Å². The lowest BCUT2D eigenvalue weighted by Gasteiger charge is -2.12. The molecular formula is C22H20ClN3O4. The third kappa shape index (κ3) is 4.31. The maximum atomic E-state index is 12.5. The number of imidazole rings is 1. The molecule has 3 aromatic rings. The second-order valence-electron chi connectivity index (χ2n) is 6.95. The van der Waals surface area contributed by atoms with Gasteiger partial charge >= 0.3 is 0 Å². The molecule has 7 nitrogen and oxygen atoms in total. The van der Waals surface area contributed by atoms with Crippen molar-refractivity contribution in [2.75, 3.05) is 18.5 Å². The summed E-state index contributed by atoms with van der Waals surface area (Å²) in [7, 11) is 1.76. The van der Waals surface area contributed by atoms with Crippen molar-refractivity contribution in [3.63, 3.8) is 0 Å².